The molecule has 0 saturated carbocycles. The largest absolute Gasteiger partial charge is 0.574 e. The maximum atomic E-state index is 11.9. The summed E-state index contributed by atoms with van der Waals surface area (Å²) in [4.78, 5) is 3.51. The molecule has 0 unspecified atom stereocenters. The molecule has 15 heavy (non-hydrogen) atoms. The molecular formula is C7H7BrF3N3O. The van der Waals surface area contributed by atoms with Crippen LogP contribution in [0.5, 0.6) is 5.88 Å². The lowest BCUT2D eigenvalue weighted by atomic mass is 10.3. The average molecular weight is 286 g/mol. The maximum Gasteiger partial charge on any atom is 0.574 e. The minimum atomic E-state index is -4.78. The number of halogens is 4. The van der Waals surface area contributed by atoms with Crippen molar-refractivity contribution in [3.05, 3.63) is 16.2 Å². The van der Waals surface area contributed by atoms with Crippen molar-refractivity contribution in [2.24, 2.45) is 5.73 Å². The highest BCUT2D eigenvalue weighted by atomic mass is 79.9. The summed E-state index contributed by atoms with van der Waals surface area (Å²) in [5.74, 6) is -0.593. The Labute approximate surface area is 91.5 Å². The van der Waals surface area contributed by atoms with Crippen molar-refractivity contribution in [2.45, 2.75) is 12.9 Å². The third-order valence-electron chi connectivity index (χ3n) is 1.48. The van der Waals surface area contributed by atoms with Gasteiger partial charge in [-0.1, -0.05) is 0 Å². The van der Waals surface area contributed by atoms with Gasteiger partial charge in [-0.05, 0) is 15.9 Å². The van der Waals surface area contributed by atoms with E-state index in [2.05, 4.69) is 25.7 Å². The summed E-state index contributed by atoms with van der Waals surface area (Å²) in [6.07, 6.45) is -4.78. The molecule has 0 aliphatic carbocycles. The van der Waals surface area contributed by atoms with Crippen LogP contribution >= 0.6 is 15.9 Å². The van der Waals surface area contributed by atoms with Crippen molar-refractivity contribution in [3.8, 4) is 5.88 Å². The van der Waals surface area contributed by atoms with Crippen molar-refractivity contribution >= 4 is 21.6 Å². The van der Waals surface area contributed by atoms with Gasteiger partial charge in [0.15, 0.2) is 0 Å². The fourth-order valence-electron chi connectivity index (χ4n) is 0.876. The van der Waals surface area contributed by atoms with Crippen LogP contribution in [0.3, 0.4) is 0 Å². The Bertz CT molecular complexity index is 369. The molecule has 0 bridgehead atoms. The molecule has 1 rings (SSSR count). The van der Waals surface area contributed by atoms with Gasteiger partial charge in [-0.3, -0.25) is 0 Å². The smallest absolute Gasteiger partial charge is 0.396 e. The van der Waals surface area contributed by atoms with Crippen LogP contribution < -0.4 is 16.2 Å². The lowest BCUT2D eigenvalue weighted by Gasteiger charge is -2.11. The molecule has 8 heteroatoms. The first-order chi connectivity index (χ1) is 6.83. The molecule has 1 heterocycles. The van der Waals surface area contributed by atoms with E-state index in [0.717, 1.165) is 6.07 Å². The van der Waals surface area contributed by atoms with E-state index in [1.54, 1.807) is 0 Å². The van der Waals surface area contributed by atoms with E-state index in [0.29, 0.717) is 0 Å². The molecule has 0 aliphatic rings. The second-order valence-corrected chi connectivity index (χ2v) is 3.41. The van der Waals surface area contributed by atoms with Crippen molar-refractivity contribution in [3.63, 3.8) is 0 Å². The average Bonchev–Trinajstić information content (AvgIpc) is 2.08. The standard InChI is InChI=1S/C7H7BrF3N3O/c8-3-1-5(15-7(9,10)11)14-4(2-12)6(3)13/h1H,2,12-13H2. The van der Waals surface area contributed by atoms with E-state index in [-0.39, 0.29) is 22.4 Å². The highest BCUT2D eigenvalue weighted by Crippen LogP contribution is 2.29. The number of alkyl halides is 3. The Morgan fingerprint density at radius 3 is 2.53 bits per heavy atom. The first-order valence-electron chi connectivity index (χ1n) is 3.74. The van der Waals surface area contributed by atoms with Gasteiger partial charge in [0.25, 0.3) is 0 Å². The Balaban J connectivity index is 3.06. The molecule has 0 atom stereocenters. The van der Waals surface area contributed by atoms with Gasteiger partial charge in [-0.15, -0.1) is 13.2 Å². The third-order valence-corrected chi connectivity index (χ3v) is 2.13. The number of nitrogen functional groups attached to an aromatic ring is 1. The molecule has 4 nitrogen and oxygen atoms in total. The number of nitrogens with two attached hydrogens (primary N) is 2. The van der Waals surface area contributed by atoms with Crippen molar-refractivity contribution in [2.75, 3.05) is 5.73 Å². The Kier molecular flexibility index (Phi) is 3.40. The zero-order chi connectivity index (χ0) is 11.6. The summed E-state index contributed by atoms with van der Waals surface area (Å²) < 4.78 is 39.5. The van der Waals surface area contributed by atoms with E-state index in [9.17, 15) is 13.2 Å². The van der Waals surface area contributed by atoms with Crippen LogP contribution in [0, 0.1) is 0 Å². The van der Waals surface area contributed by atoms with E-state index in [1.807, 2.05) is 0 Å². The topological polar surface area (TPSA) is 74.2 Å². The molecular weight excluding hydrogens is 279 g/mol. The fraction of sp³-hybridized carbons (Fsp3) is 0.286. The molecule has 84 valence electrons. The summed E-state index contributed by atoms with van der Waals surface area (Å²) >= 11 is 2.98. The Morgan fingerprint density at radius 2 is 2.07 bits per heavy atom. The van der Waals surface area contributed by atoms with Crippen LogP contribution in [0.25, 0.3) is 0 Å². The minimum absolute atomic E-state index is 0.0699. The molecule has 0 aliphatic heterocycles. The predicted molar refractivity (Wildman–Crippen MR) is 50.9 cm³/mol. The van der Waals surface area contributed by atoms with Gasteiger partial charge in [0.2, 0.25) is 5.88 Å². The lowest BCUT2D eigenvalue weighted by Crippen LogP contribution is -2.19. The van der Waals surface area contributed by atoms with Crippen LogP contribution in [0.2, 0.25) is 0 Å². The summed E-state index contributed by atoms with van der Waals surface area (Å²) in [6, 6.07) is 1.03. The number of pyridine rings is 1. The normalized spacial score (nSPS) is 11.5. The molecule has 0 aromatic carbocycles. The molecule has 0 saturated heterocycles. The Morgan fingerprint density at radius 1 is 1.47 bits per heavy atom. The third kappa shape index (κ3) is 3.24. The van der Waals surface area contributed by atoms with Crippen LogP contribution in [0.1, 0.15) is 5.69 Å². The number of hydrogen-bond acceptors (Lipinski definition) is 4. The molecule has 0 fully saturated rings. The number of ether oxygens (including phenoxy) is 1. The fourth-order valence-corrected chi connectivity index (χ4v) is 1.30. The lowest BCUT2D eigenvalue weighted by molar-refractivity contribution is -0.276. The number of hydrogen-bond donors (Lipinski definition) is 2. The molecule has 1 aromatic rings. The number of rotatable bonds is 2. The molecule has 0 radical (unpaired) electrons. The minimum Gasteiger partial charge on any atom is -0.396 e. The number of nitrogens with zero attached hydrogens (tertiary/aromatic N) is 1. The van der Waals surface area contributed by atoms with E-state index < -0.39 is 12.2 Å². The molecule has 0 spiro atoms. The summed E-state index contributed by atoms with van der Waals surface area (Å²) in [5, 5.41) is 0. The summed E-state index contributed by atoms with van der Waals surface area (Å²) in [6.45, 7) is -0.0699. The summed E-state index contributed by atoms with van der Waals surface area (Å²) in [7, 11) is 0. The van der Waals surface area contributed by atoms with Gasteiger partial charge in [-0.2, -0.15) is 0 Å². The molecule has 0 amide bonds. The van der Waals surface area contributed by atoms with Crippen LogP contribution in [-0.2, 0) is 6.54 Å². The Hall–Kier alpha value is -1.02. The molecule has 1 aromatic heterocycles. The van der Waals surface area contributed by atoms with E-state index >= 15 is 0 Å². The second-order valence-electron chi connectivity index (χ2n) is 2.55. The first kappa shape index (κ1) is 12.1. The zero-order valence-corrected chi connectivity index (χ0v) is 8.89. The highest BCUT2D eigenvalue weighted by Gasteiger charge is 2.32. The van der Waals surface area contributed by atoms with E-state index in [4.69, 9.17) is 11.5 Å². The summed E-state index contributed by atoms with van der Waals surface area (Å²) in [5.41, 5.74) is 11.1. The van der Waals surface area contributed by atoms with Gasteiger partial charge in [0.1, 0.15) is 0 Å². The second kappa shape index (κ2) is 4.23. The quantitative estimate of drug-likeness (QED) is 0.869. The van der Waals surface area contributed by atoms with Crippen molar-refractivity contribution < 1.29 is 17.9 Å². The van der Waals surface area contributed by atoms with Gasteiger partial charge in [0, 0.05) is 17.1 Å². The van der Waals surface area contributed by atoms with Crippen molar-refractivity contribution in [1.29, 1.82) is 0 Å². The number of aromatic nitrogens is 1. The van der Waals surface area contributed by atoms with Gasteiger partial charge >= 0.3 is 6.36 Å². The van der Waals surface area contributed by atoms with Crippen LogP contribution in [-0.4, -0.2) is 11.3 Å². The zero-order valence-electron chi connectivity index (χ0n) is 7.31. The highest BCUT2D eigenvalue weighted by molar-refractivity contribution is 9.10. The van der Waals surface area contributed by atoms with Gasteiger partial charge < -0.3 is 16.2 Å². The maximum absolute atomic E-state index is 11.9. The molecule has 4 N–H and O–H groups in total. The van der Waals surface area contributed by atoms with Gasteiger partial charge in [0.05, 0.1) is 11.4 Å². The van der Waals surface area contributed by atoms with Crippen LogP contribution in [0.4, 0.5) is 18.9 Å². The first-order valence-corrected chi connectivity index (χ1v) is 4.53. The SMILES string of the molecule is NCc1nc(OC(F)(F)F)cc(Br)c1N. The monoisotopic (exact) mass is 285 g/mol. The van der Waals surface area contributed by atoms with E-state index in [1.165, 1.54) is 0 Å². The van der Waals surface area contributed by atoms with Crippen molar-refractivity contribution in [1.82, 2.24) is 4.98 Å². The van der Waals surface area contributed by atoms with Gasteiger partial charge in [-0.25, -0.2) is 4.98 Å². The predicted octanol–water partition coefficient (Wildman–Crippen LogP) is 1.78. The number of anilines is 1. The van der Waals surface area contributed by atoms with Crippen LogP contribution in [0.15, 0.2) is 10.5 Å².